The lowest BCUT2D eigenvalue weighted by atomic mass is 10.1. The van der Waals surface area contributed by atoms with Crippen molar-refractivity contribution in [3.63, 3.8) is 0 Å². The number of hydrazone groups is 2. The summed E-state index contributed by atoms with van der Waals surface area (Å²) in [6.07, 6.45) is 2.81. The number of benzene rings is 3. The molecule has 2 amide bonds. The van der Waals surface area contributed by atoms with Crippen molar-refractivity contribution < 1.29 is 9.59 Å². The first kappa shape index (κ1) is 23.8. The Bertz CT molecular complexity index is 1120. The molecular formula is C22H14Cl4N4O2. The molecule has 0 atom stereocenters. The summed E-state index contributed by atoms with van der Waals surface area (Å²) in [6, 6.07) is 15.8. The second kappa shape index (κ2) is 11.1. The van der Waals surface area contributed by atoms with E-state index in [1.165, 1.54) is 36.7 Å². The smallest absolute Gasteiger partial charge is 0.267 e. The molecule has 2 N–H and O–H groups in total. The average Bonchev–Trinajstić information content (AvgIpc) is 2.76. The molecule has 3 aromatic rings. The fourth-order valence-corrected chi connectivity index (χ4v) is 3.35. The number of carbonyl (C=O) groups excluding carboxylic acids is 2. The van der Waals surface area contributed by atoms with E-state index in [-0.39, 0.29) is 0 Å². The van der Waals surface area contributed by atoms with Crippen LogP contribution in [0.25, 0.3) is 0 Å². The molecule has 0 aliphatic carbocycles. The second-order valence-electron chi connectivity index (χ2n) is 6.31. The van der Waals surface area contributed by atoms with Gasteiger partial charge in [0.15, 0.2) is 0 Å². The van der Waals surface area contributed by atoms with Crippen molar-refractivity contribution in [2.75, 3.05) is 0 Å². The monoisotopic (exact) mass is 506 g/mol. The quantitative estimate of drug-likeness (QED) is 0.325. The summed E-state index contributed by atoms with van der Waals surface area (Å²) in [5.74, 6) is -0.901. The Balaban J connectivity index is 1.56. The molecule has 0 fully saturated rings. The molecular weight excluding hydrogens is 494 g/mol. The molecule has 0 bridgehead atoms. The zero-order valence-corrected chi connectivity index (χ0v) is 19.2. The van der Waals surface area contributed by atoms with Gasteiger partial charge >= 0.3 is 0 Å². The molecule has 0 aliphatic heterocycles. The predicted octanol–water partition coefficient (Wildman–Crippen LogP) is 5.83. The summed E-state index contributed by atoms with van der Waals surface area (Å²) in [6.45, 7) is 0. The van der Waals surface area contributed by atoms with Crippen LogP contribution in [0.15, 0.2) is 70.9 Å². The summed E-state index contributed by atoms with van der Waals surface area (Å²) in [4.78, 5) is 24.4. The van der Waals surface area contributed by atoms with Crippen molar-refractivity contribution in [3.05, 3.63) is 103 Å². The maximum Gasteiger partial charge on any atom is 0.271 e. The van der Waals surface area contributed by atoms with Gasteiger partial charge in [-0.1, -0.05) is 58.5 Å². The van der Waals surface area contributed by atoms with Crippen molar-refractivity contribution in [1.29, 1.82) is 0 Å². The molecule has 32 heavy (non-hydrogen) atoms. The highest BCUT2D eigenvalue weighted by molar-refractivity contribution is 6.36. The van der Waals surface area contributed by atoms with Crippen LogP contribution in [0.3, 0.4) is 0 Å². The van der Waals surface area contributed by atoms with Crippen LogP contribution < -0.4 is 10.9 Å². The molecule has 0 spiro atoms. The molecule has 0 aliphatic rings. The van der Waals surface area contributed by atoms with Gasteiger partial charge in [0.2, 0.25) is 0 Å². The molecule has 0 saturated heterocycles. The number of nitrogens with one attached hydrogen (secondary N) is 2. The Morgan fingerprint density at radius 3 is 1.34 bits per heavy atom. The van der Waals surface area contributed by atoms with Crippen molar-refractivity contribution in [3.8, 4) is 0 Å². The zero-order valence-electron chi connectivity index (χ0n) is 16.2. The van der Waals surface area contributed by atoms with E-state index in [0.717, 1.165) is 0 Å². The van der Waals surface area contributed by atoms with Crippen molar-refractivity contribution >= 4 is 70.6 Å². The number of hydrogen-bond donors (Lipinski definition) is 2. The summed E-state index contributed by atoms with van der Waals surface area (Å²) >= 11 is 23.8. The lowest BCUT2D eigenvalue weighted by Crippen LogP contribution is -2.19. The van der Waals surface area contributed by atoms with Gasteiger partial charge in [-0.05, 0) is 48.5 Å². The van der Waals surface area contributed by atoms with E-state index in [2.05, 4.69) is 21.1 Å². The molecule has 6 nitrogen and oxygen atoms in total. The molecule has 0 heterocycles. The van der Waals surface area contributed by atoms with Crippen LogP contribution in [0.5, 0.6) is 0 Å². The van der Waals surface area contributed by atoms with Crippen LogP contribution in [0.4, 0.5) is 0 Å². The van der Waals surface area contributed by atoms with Gasteiger partial charge in [0.1, 0.15) is 0 Å². The summed E-state index contributed by atoms with van der Waals surface area (Å²) in [7, 11) is 0. The number of nitrogens with zero attached hydrogens (tertiary/aromatic N) is 2. The maximum absolute atomic E-state index is 12.2. The lowest BCUT2D eigenvalue weighted by Gasteiger charge is -2.03. The third-order valence-electron chi connectivity index (χ3n) is 4.07. The standard InChI is InChI=1S/C22H14Cl4N4O2/c23-17-7-5-15(19(25)9-17)11-27-29-21(31)13-1-2-14(4-3-13)22(32)30-28-12-16-6-8-18(24)10-20(16)26/h1-12H,(H,29,31)(H,30,32). The molecule has 10 heteroatoms. The van der Waals surface area contributed by atoms with Crippen LogP contribution in [0, 0.1) is 0 Å². The molecule has 3 aromatic carbocycles. The highest BCUT2D eigenvalue weighted by Crippen LogP contribution is 2.20. The second-order valence-corrected chi connectivity index (χ2v) is 7.99. The number of rotatable bonds is 6. The van der Waals surface area contributed by atoms with Gasteiger partial charge in [0.25, 0.3) is 11.8 Å². The molecule has 162 valence electrons. The van der Waals surface area contributed by atoms with Gasteiger partial charge in [0, 0.05) is 32.3 Å². The summed E-state index contributed by atoms with van der Waals surface area (Å²) < 4.78 is 0. The first-order valence-corrected chi connectivity index (χ1v) is 10.5. The first-order valence-electron chi connectivity index (χ1n) is 9.00. The van der Waals surface area contributed by atoms with Crippen LogP contribution in [-0.4, -0.2) is 24.2 Å². The Morgan fingerprint density at radius 1 is 0.625 bits per heavy atom. The summed E-state index contributed by atoms with van der Waals surface area (Å²) in [5, 5.41) is 9.57. The van der Waals surface area contributed by atoms with E-state index in [1.54, 1.807) is 36.4 Å². The molecule has 0 saturated carbocycles. The minimum atomic E-state index is -0.450. The molecule has 0 unspecified atom stereocenters. The Kier molecular flexibility index (Phi) is 8.25. The molecule has 3 rings (SSSR count). The van der Waals surface area contributed by atoms with E-state index >= 15 is 0 Å². The van der Waals surface area contributed by atoms with Gasteiger partial charge in [-0.15, -0.1) is 0 Å². The average molecular weight is 508 g/mol. The SMILES string of the molecule is O=C(NN=Cc1ccc(Cl)cc1Cl)c1ccc(C(=O)NN=Cc2ccc(Cl)cc2Cl)cc1. The van der Waals surface area contributed by atoms with Gasteiger partial charge in [0.05, 0.1) is 22.5 Å². The molecule has 0 radical (unpaired) electrons. The minimum Gasteiger partial charge on any atom is -0.267 e. The normalized spacial score (nSPS) is 11.1. The number of carbonyl (C=O) groups is 2. The van der Waals surface area contributed by atoms with Crippen molar-refractivity contribution in [2.45, 2.75) is 0 Å². The van der Waals surface area contributed by atoms with E-state index in [9.17, 15) is 9.59 Å². The van der Waals surface area contributed by atoms with Crippen LogP contribution in [0.2, 0.25) is 20.1 Å². The van der Waals surface area contributed by atoms with E-state index in [0.29, 0.717) is 42.3 Å². The largest absolute Gasteiger partial charge is 0.271 e. The maximum atomic E-state index is 12.2. The number of halogens is 4. The number of amides is 2. The zero-order chi connectivity index (χ0) is 23.1. The van der Waals surface area contributed by atoms with Crippen LogP contribution in [-0.2, 0) is 0 Å². The Labute approximate surface area is 203 Å². The van der Waals surface area contributed by atoms with E-state index in [4.69, 9.17) is 46.4 Å². The van der Waals surface area contributed by atoms with Gasteiger partial charge in [-0.2, -0.15) is 10.2 Å². The lowest BCUT2D eigenvalue weighted by molar-refractivity contribution is 0.0943. The third-order valence-corrected chi connectivity index (χ3v) is 5.20. The highest BCUT2D eigenvalue weighted by atomic mass is 35.5. The Hall–Kier alpha value is -2.90. The topological polar surface area (TPSA) is 82.9 Å². The highest BCUT2D eigenvalue weighted by Gasteiger charge is 2.08. The van der Waals surface area contributed by atoms with E-state index < -0.39 is 11.8 Å². The van der Waals surface area contributed by atoms with Gasteiger partial charge < -0.3 is 0 Å². The van der Waals surface area contributed by atoms with Gasteiger partial charge in [-0.3, -0.25) is 9.59 Å². The molecule has 0 aromatic heterocycles. The van der Waals surface area contributed by atoms with Crippen molar-refractivity contribution in [2.24, 2.45) is 10.2 Å². The fourth-order valence-electron chi connectivity index (χ4n) is 2.44. The van der Waals surface area contributed by atoms with Gasteiger partial charge in [-0.25, -0.2) is 10.9 Å². The van der Waals surface area contributed by atoms with Crippen LogP contribution in [0.1, 0.15) is 31.8 Å². The Morgan fingerprint density at radius 2 is 1.00 bits per heavy atom. The summed E-state index contributed by atoms with van der Waals surface area (Å²) in [5.41, 5.74) is 6.62. The van der Waals surface area contributed by atoms with E-state index in [1.807, 2.05) is 0 Å². The van der Waals surface area contributed by atoms with Crippen LogP contribution >= 0.6 is 46.4 Å². The number of hydrogen-bond acceptors (Lipinski definition) is 4. The fraction of sp³-hybridized carbons (Fsp3) is 0. The minimum absolute atomic E-state index is 0.317. The third kappa shape index (κ3) is 6.55. The predicted molar refractivity (Wildman–Crippen MR) is 129 cm³/mol. The van der Waals surface area contributed by atoms with Crippen molar-refractivity contribution in [1.82, 2.24) is 10.9 Å². The first-order chi connectivity index (χ1) is 15.3.